The third-order valence-electron chi connectivity index (χ3n) is 3.20. The quantitative estimate of drug-likeness (QED) is 0.852. The number of benzene rings is 1. The first-order valence-electron chi connectivity index (χ1n) is 6.26. The van der Waals surface area contributed by atoms with Gasteiger partial charge >= 0.3 is 0 Å². The third kappa shape index (κ3) is 2.92. The zero-order chi connectivity index (χ0) is 13.0. The molecule has 0 saturated heterocycles. The molecule has 2 nitrogen and oxygen atoms in total. The highest BCUT2D eigenvalue weighted by Crippen LogP contribution is 2.26. The fourth-order valence-corrected chi connectivity index (χ4v) is 2.91. The summed E-state index contributed by atoms with van der Waals surface area (Å²) in [5, 5.41) is 15.5. The second-order valence-electron chi connectivity index (χ2n) is 4.43. The van der Waals surface area contributed by atoms with E-state index in [0.29, 0.717) is 5.75 Å². The molecular formula is C15H19NOS. The van der Waals surface area contributed by atoms with E-state index in [1.165, 1.54) is 10.4 Å². The highest BCUT2D eigenvalue weighted by Gasteiger charge is 2.12. The van der Waals surface area contributed by atoms with E-state index in [2.05, 4.69) is 30.6 Å². The molecular weight excluding hydrogens is 242 g/mol. The Labute approximate surface area is 112 Å². The van der Waals surface area contributed by atoms with Gasteiger partial charge in [0.25, 0.3) is 0 Å². The maximum Gasteiger partial charge on any atom is 0.120 e. The molecule has 0 aliphatic carbocycles. The number of nitrogens with one attached hydrogen (secondary N) is 1. The molecule has 0 aliphatic heterocycles. The topological polar surface area (TPSA) is 32.3 Å². The van der Waals surface area contributed by atoms with E-state index in [9.17, 15) is 5.11 Å². The first-order chi connectivity index (χ1) is 8.72. The van der Waals surface area contributed by atoms with Crippen molar-refractivity contribution in [2.24, 2.45) is 0 Å². The molecule has 2 aromatic rings. The maximum atomic E-state index is 9.89. The van der Waals surface area contributed by atoms with Gasteiger partial charge in [0.05, 0.1) is 0 Å². The molecule has 3 heteroatoms. The number of hydrogen-bond donors (Lipinski definition) is 2. The van der Waals surface area contributed by atoms with Gasteiger partial charge in [-0.1, -0.05) is 25.1 Å². The molecule has 0 radical (unpaired) electrons. The van der Waals surface area contributed by atoms with Crippen LogP contribution in [0, 0.1) is 6.92 Å². The molecule has 1 heterocycles. The largest absolute Gasteiger partial charge is 0.508 e. The van der Waals surface area contributed by atoms with Crippen LogP contribution in [0.3, 0.4) is 0 Å². The number of phenolic OH excluding ortho intramolecular Hbond substituents is 1. The van der Waals surface area contributed by atoms with Crippen molar-refractivity contribution in [3.05, 3.63) is 51.7 Å². The summed E-state index contributed by atoms with van der Waals surface area (Å²) in [6, 6.07) is 9.90. The monoisotopic (exact) mass is 261 g/mol. The summed E-state index contributed by atoms with van der Waals surface area (Å²) in [4.78, 5) is 1.36. The van der Waals surface area contributed by atoms with Gasteiger partial charge in [-0.3, -0.25) is 0 Å². The van der Waals surface area contributed by atoms with Crippen LogP contribution >= 0.6 is 11.3 Å². The first-order valence-corrected chi connectivity index (χ1v) is 7.14. The van der Waals surface area contributed by atoms with Crippen LogP contribution in [0.2, 0.25) is 0 Å². The summed E-state index contributed by atoms with van der Waals surface area (Å²) in [5.41, 5.74) is 2.31. The van der Waals surface area contributed by atoms with Gasteiger partial charge in [0, 0.05) is 23.0 Å². The van der Waals surface area contributed by atoms with E-state index in [-0.39, 0.29) is 6.04 Å². The van der Waals surface area contributed by atoms with Crippen molar-refractivity contribution < 1.29 is 5.11 Å². The van der Waals surface area contributed by atoms with Crippen molar-refractivity contribution >= 4 is 11.3 Å². The Bertz CT molecular complexity index is 507. The Morgan fingerprint density at radius 2 is 2.06 bits per heavy atom. The lowest BCUT2D eigenvalue weighted by atomic mass is 10.0. The highest BCUT2D eigenvalue weighted by atomic mass is 32.1. The van der Waals surface area contributed by atoms with Gasteiger partial charge in [-0.2, -0.15) is 0 Å². The number of para-hydroxylation sites is 1. The van der Waals surface area contributed by atoms with Crippen molar-refractivity contribution in [3.63, 3.8) is 0 Å². The molecule has 0 aliphatic rings. The minimum atomic E-state index is 0.202. The van der Waals surface area contributed by atoms with E-state index < -0.39 is 0 Å². The minimum absolute atomic E-state index is 0.202. The van der Waals surface area contributed by atoms with Gasteiger partial charge in [-0.25, -0.2) is 0 Å². The molecule has 96 valence electrons. The van der Waals surface area contributed by atoms with Crippen LogP contribution in [0.4, 0.5) is 0 Å². The minimum Gasteiger partial charge on any atom is -0.508 e. The Morgan fingerprint density at radius 1 is 1.28 bits per heavy atom. The van der Waals surface area contributed by atoms with Crippen molar-refractivity contribution in [1.29, 1.82) is 0 Å². The lowest BCUT2D eigenvalue weighted by Crippen LogP contribution is -2.20. The lowest BCUT2D eigenvalue weighted by Gasteiger charge is -2.18. The van der Waals surface area contributed by atoms with E-state index >= 15 is 0 Å². The second-order valence-corrected chi connectivity index (χ2v) is 5.43. The van der Waals surface area contributed by atoms with E-state index in [1.807, 2.05) is 18.2 Å². The average molecular weight is 261 g/mol. The molecule has 1 aromatic heterocycles. The standard InChI is InChI=1S/C15H19NOS/c1-3-13(12-6-4-5-7-14(12)17)16-10-15-11(2)8-9-18-15/h4-9,13,16-17H,3,10H2,1-2H3. The molecule has 0 bridgehead atoms. The Morgan fingerprint density at radius 3 is 2.67 bits per heavy atom. The normalized spacial score (nSPS) is 12.6. The van der Waals surface area contributed by atoms with E-state index in [0.717, 1.165) is 18.5 Å². The highest BCUT2D eigenvalue weighted by molar-refractivity contribution is 7.10. The van der Waals surface area contributed by atoms with Crippen LogP contribution in [0.25, 0.3) is 0 Å². The van der Waals surface area contributed by atoms with Crippen LogP contribution in [-0.2, 0) is 6.54 Å². The lowest BCUT2D eigenvalue weighted by molar-refractivity contribution is 0.441. The van der Waals surface area contributed by atoms with Crippen molar-refractivity contribution in [2.45, 2.75) is 32.9 Å². The second kappa shape index (κ2) is 6.03. The number of aromatic hydroxyl groups is 1. The fraction of sp³-hybridized carbons (Fsp3) is 0.333. The third-order valence-corrected chi connectivity index (χ3v) is 4.22. The molecule has 1 atom stereocenters. The van der Waals surface area contributed by atoms with Gasteiger partial charge in [0.1, 0.15) is 5.75 Å². The van der Waals surface area contributed by atoms with Crippen LogP contribution in [0.5, 0.6) is 5.75 Å². The predicted octanol–water partition coefficient (Wildman–Crippen LogP) is 4.00. The first kappa shape index (κ1) is 13.1. The summed E-state index contributed by atoms with van der Waals surface area (Å²) in [5.74, 6) is 0.375. The van der Waals surface area contributed by atoms with Crippen LogP contribution in [0.1, 0.15) is 35.4 Å². The van der Waals surface area contributed by atoms with E-state index in [1.54, 1.807) is 17.4 Å². The molecule has 0 fully saturated rings. The van der Waals surface area contributed by atoms with Crippen molar-refractivity contribution in [1.82, 2.24) is 5.32 Å². The molecule has 2 rings (SSSR count). The molecule has 1 unspecified atom stereocenters. The summed E-state index contributed by atoms with van der Waals surface area (Å²) < 4.78 is 0. The molecule has 0 amide bonds. The SMILES string of the molecule is CCC(NCc1sccc1C)c1ccccc1O. The number of phenols is 1. The van der Waals surface area contributed by atoms with Gasteiger partial charge < -0.3 is 10.4 Å². The van der Waals surface area contributed by atoms with Crippen molar-refractivity contribution in [3.8, 4) is 5.75 Å². The summed E-state index contributed by atoms with van der Waals surface area (Å²) in [6.07, 6.45) is 0.960. The Hall–Kier alpha value is -1.32. The summed E-state index contributed by atoms with van der Waals surface area (Å²) >= 11 is 1.78. The summed E-state index contributed by atoms with van der Waals surface area (Å²) in [6.45, 7) is 5.12. The van der Waals surface area contributed by atoms with Gasteiger partial charge in [-0.05, 0) is 36.4 Å². The Balaban J connectivity index is 2.07. The van der Waals surface area contributed by atoms with Gasteiger partial charge in [0.15, 0.2) is 0 Å². The maximum absolute atomic E-state index is 9.89. The number of thiophene rings is 1. The average Bonchev–Trinajstić information content (AvgIpc) is 2.78. The van der Waals surface area contributed by atoms with Gasteiger partial charge in [0.2, 0.25) is 0 Å². The van der Waals surface area contributed by atoms with Crippen LogP contribution in [-0.4, -0.2) is 5.11 Å². The number of rotatable bonds is 5. The molecule has 0 saturated carbocycles. The molecule has 2 N–H and O–H groups in total. The smallest absolute Gasteiger partial charge is 0.120 e. The summed E-state index contributed by atoms with van der Waals surface area (Å²) in [7, 11) is 0. The molecule has 1 aromatic carbocycles. The zero-order valence-electron chi connectivity index (χ0n) is 10.8. The number of hydrogen-bond acceptors (Lipinski definition) is 3. The zero-order valence-corrected chi connectivity index (χ0v) is 11.6. The van der Waals surface area contributed by atoms with Gasteiger partial charge in [-0.15, -0.1) is 11.3 Å². The Kier molecular flexibility index (Phi) is 4.39. The predicted molar refractivity (Wildman–Crippen MR) is 77.0 cm³/mol. The van der Waals surface area contributed by atoms with Crippen LogP contribution < -0.4 is 5.32 Å². The van der Waals surface area contributed by atoms with Crippen molar-refractivity contribution in [2.75, 3.05) is 0 Å². The molecule has 0 spiro atoms. The molecule has 18 heavy (non-hydrogen) atoms. The number of aryl methyl sites for hydroxylation is 1. The van der Waals surface area contributed by atoms with Crippen LogP contribution in [0.15, 0.2) is 35.7 Å². The fourth-order valence-electron chi connectivity index (χ4n) is 2.06. The van der Waals surface area contributed by atoms with E-state index in [4.69, 9.17) is 0 Å².